The van der Waals surface area contributed by atoms with E-state index in [2.05, 4.69) is 36.0 Å². The van der Waals surface area contributed by atoms with E-state index in [0.717, 1.165) is 11.3 Å². The number of fused-ring (bicyclic) bond motifs is 1. The maximum atomic E-state index is 13.4. The number of nitrogens with zero attached hydrogens (tertiary/aromatic N) is 8. The van der Waals surface area contributed by atoms with Crippen LogP contribution in [0.1, 0.15) is 54.8 Å². The molecule has 1 atom stereocenters. The van der Waals surface area contributed by atoms with Gasteiger partial charge in [-0.05, 0) is 50.5 Å². The first-order valence-corrected chi connectivity index (χ1v) is 13.1. The molecule has 3 aromatic heterocycles. The van der Waals surface area contributed by atoms with Gasteiger partial charge in [0, 0.05) is 38.1 Å². The summed E-state index contributed by atoms with van der Waals surface area (Å²) in [6, 6.07) is 6.74. The Labute approximate surface area is 234 Å². The van der Waals surface area contributed by atoms with Gasteiger partial charge >= 0.3 is 6.18 Å². The predicted molar refractivity (Wildman–Crippen MR) is 145 cm³/mol. The van der Waals surface area contributed by atoms with E-state index >= 15 is 0 Å². The lowest BCUT2D eigenvalue weighted by Crippen LogP contribution is -2.35. The molecule has 5 rings (SSSR count). The minimum absolute atomic E-state index is 0.0706. The zero-order valence-corrected chi connectivity index (χ0v) is 23.1. The lowest BCUT2D eigenvalue weighted by molar-refractivity contribution is -0.147. The monoisotopic (exact) mass is 568 g/mol. The quantitative estimate of drug-likeness (QED) is 0.355. The van der Waals surface area contributed by atoms with E-state index in [1.165, 1.54) is 4.90 Å². The summed E-state index contributed by atoms with van der Waals surface area (Å²) in [7, 11) is 1.80. The highest BCUT2D eigenvalue weighted by atomic mass is 19.4. The second kappa shape index (κ2) is 10.9. The van der Waals surface area contributed by atoms with Crippen LogP contribution in [0, 0.1) is 0 Å². The van der Waals surface area contributed by atoms with E-state index in [1.54, 1.807) is 47.3 Å². The van der Waals surface area contributed by atoms with Crippen LogP contribution in [0.5, 0.6) is 0 Å². The number of halogens is 3. The first-order chi connectivity index (χ1) is 19.3. The molecular weight excluding hydrogens is 537 g/mol. The molecule has 1 aliphatic heterocycles. The van der Waals surface area contributed by atoms with Crippen molar-refractivity contribution < 1.29 is 18.0 Å². The Bertz CT molecular complexity index is 1540. The number of anilines is 2. The molecule has 0 spiro atoms. The molecule has 11 nitrogen and oxygen atoms in total. The van der Waals surface area contributed by atoms with Crippen molar-refractivity contribution in [2.75, 3.05) is 18.4 Å². The van der Waals surface area contributed by atoms with Gasteiger partial charge in [0.1, 0.15) is 0 Å². The second-order valence-corrected chi connectivity index (χ2v) is 11.1. The zero-order valence-electron chi connectivity index (χ0n) is 23.1. The number of aromatic nitrogens is 7. The minimum atomic E-state index is -4.36. The van der Waals surface area contributed by atoms with Crippen molar-refractivity contribution in [1.82, 2.24) is 45.0 Å². The van der Waals surface area contributed by atoms with Crippen molar-refractivity contribution in [3.8, 4) is 11.3 Å². The van der Waals surface area contributed by atoms with Gasteiger partial charge < -0.3 is 10.6 Å². The summed E-state index contributed by atoms with van der Waals surface area (Å²) in [6.45, 7) is 4.98. The summed E-state index contributed by atoms with van der Waals surface area (Å²) in [4.78, 5) is 23.3. The molecule has 1 unspecified atom stereocenters. The number of amides is 1. The molecule has 0 radical (unpaired) electrons. The molecule has 1 amide bonds. The van der Waals surface area contributed by atoms with Crippen LogP contribution in [0.3, 0.4) is 0 Å². The SMILES string of the molecule is Cn1cc(Nc2nccc(-c3ccc4c(c3)CN(CC(F)(F)F)CCC4NC(=O)c3cn(C(C)(C)C)nn3)n2)cn1. The standard InChI is InChI=1S/C27H31F3N10O/c1-26(2,3)40-15-23(36-37-40)24(41)34-22-8-10-39(16-27(28,29)30)13-18-11-17(5-6-20(18)22)21-7-9-31-25(35-21)33-19-12-32-38(4)14-19/h5-7,9,11-12,14-15,22H,8,10,13,16H2,1-4H3,(H,34,41)(H,31,33,35). The van der Waals surface area contributed by atoms with Gasteiger partial charge in [-0.15, -0.1) is 5.10 Å². The number of carbonyl (C=O) groups is 1. The Morgan fingerprint density at radius 2 is 1.95 bits per heavy atom. The average Bonchev–Trinajstić information content (AvgIpc) is 3.52. The molecule has 0 fully saturated rings. The highest BCUT2D eigenvalue weighted by Gasteiger charge is 2.33. The summed E-state index contributed by atoms with van der Waals surface area (Å²) in [5, 5.41) is 18.2. The van der Waals surface area contributed by atoms with Gasteiger partial charge in [-0.3, -0.25) is 14.4 Å². The normalized spacial score (nSPS) is 16.2. The van der Waals surface area contributed by atoms with E-state index in [1.807, 2.05) is 39.0 Å². The molecule has 0 aliphatic carbocycles. The molecule has 1 aliphatic rings. The molecule has 41 heavy (non-hydrogen) atoms. The van der Waals surface area contributed by atoms with Gasteiger partial charge in [-0.25, -0.2) is 14.6 Å². The van der Waals surface area contributed by atoms with Gasteiger partial charge in [0.15, 0.2) is 5.69 Å². The Morgan fingerprint density at radius 3 is 2.63 bits per heavy atom. The van der Waals surface area contributed by atoms with E-state index < -0.39 is 24.7 Å². The molecule has 2 N–H and O–H groups in total. The van der Waals surface area contributed by atoms with Crippen LogP contribution >= 0.6 is 0 Å². The van der Waals surface area contributed by atoms with E-state index in [-0.39, 0.29) is 24.3 Å². The number of benzene rings is 1. The molecule has 216 valence electrons. The zero-order chi connectivity index (χ0) is 29.4. The molecular formula is C27H31F3N10O. The van der Waals surface area contributed by atoms with E-state index in [0.29, 0.717) is 29.2 Å². The number of aryl methyl sites for hydroxylation is 1. The number of hydrogen-bond acceptors (Lipinski definition) is 8. The van der Waals surface area contributed by atoms with Gasteiger partial charge in [-0.1, -0.05) is 17.3 Å². The molecule has 0 saturated carbocycles. The largest absolute Gasteiger partial charge is 0.401 e. The topological polar surface area (TPSA) is 119 Å². The van der Waals surface area contributed by atoms with Crippen molar-refractivity contribution in [2.24, 2.45) is 7.05 Å². The van der Waals surface area contributed by atoms with Crippen LogP contribution in [-0.4, -0.2) is 64.8 Å². The van der Waals surface area contributed by atoms with Crippen LogP contribution in [0.15, 0.2) is 49.1 Å². The number of rotatable bonds is 6. The van der Waals surface area contributed by atoms with Crippen molar-refractivity contribution >= 4 is 17.5 Å². The number of carbonyl (C=O) groups excluding carboxylic acids is 1. The van der Waals surface area contributed by atoms with E-state index in [9.17, 15) is 18.0 Å². The Balaban J connectivity index is 1.43. The van der Waals surface area contributed by atoms with Crippen LogP contribution in [0.4, 0.5) is 24.8 Å². The molecule has 0 bridgehead atoms. The molecule has 14 heteroatoms. The number of nitrogens with one attached hydrogen (secondary N) is 2. The predicted octanol–water partition coefficient (Wildman–Crippen LogP) is 4.21. The summed E-state index contributed by atoms with van der Waals surface area (Å²) < 4.78 is 43.4. The molecule has 4 heterocycles. The smallest absolute Gasteiger partial charge is 0.344 e. The van der Waals surface area contributed by atoms with Crippen LogP contribution in [-0.2, 0) is 19.1 Å². The first kappa shape index (κ1) is 28.2. The lowest BCUT2D eigenvalue weighted by atomic mass is 9.96. The van der Waals surface area contributed by atoms with Gasteiger partial charge in [-0.2, -0.15) is 18.3 Å². The second-order valence-electron chi connectivity index (χ2n) is 11.1. The third kappa shape index (κ3) is 6.88. The number of hydrogen-bond donors (Lipinski definition) is 2. The van der Waals surface area contributed by atoms with Crippen LogP contribution in [0.25, 0.3) is 11.3 Å². The van der Waals surface area contributed by atoms with Crippen LogP contribution in [0.2, 0.25) is 0 Å². The summed E-state index contributed by atoms with van der Waals surface area (Å²) in [6.07, 6.45) is 2.55. The maximum Gasteiger partial charge on any atom is 0.401 e. The fourth-order valence-electron chi connectivity index (χ4n) is 4.69. The van der Waals surface area contributed by atoms with Gasteiger partial charge in [0.05, 0.1) is 41.9 Å². The fraction of sp³-hybridized carbons (Fsp3) is 0.407. The summed E-state index contributed by atoms with van der Waals surface area (Å²) in [5.74, 6) is -0.0794. The van der Waals surface area contributed by atoms with Crippen molar-refractivity contribution in [1.29, 1.82) is 0 Å². The lowest BCUT2D eigenvalue weighted by Gasteiger charge is -2.22. The minimum Gasteiger partial charge on any atom is -0.344 e. The molecule has 0 saturated heterocycles. The fourth-order valence-corrected chi connectivity index (χ4v) is 4.69. The Morgan fingerprint density at radius 1 is 1.15 bits per heavy atom. The van der Waals surface area contributed by atoms with Crippen molar-refractivity contribution in [2.45, 2.75) is 51.5 Å². The Kier molecular flexibility index (Phi) is 7.51. The highest BCUT2D eigenvalue weighted by molar-refractivity contribution is 5.92. The third-order valence-electron chi connectivity index (χ3n) is 6.68. The highest BCUT2D eigenvalue weighted by Crippen LogP contribution is 2.32. The summed E-state index contributed by atoms with van der Waals surface area (Å²) in [5.41, 5.74) is 3.24. The molecule has 1 aromatic carbocycles. The van der Waals surface area contributed by atoms with Gasteiger partial charge in [0.2, 0.25) is 5.95 Å². The van der Waals surface area contributed by atoms with E-state index in [4.69, 9.17) is 0 Å². The van der Waals surface area contributed by atoms with Crippen molar-refractivity contribution in [3.63, 3.8) is 0 Å². The number of alkyl halides is 3. The van der Waals surface area contributed by atoms with Gasteiger partial charge in [0.25, 0.3) is 5.91 Å². The van der Waals surface area contributed by atoms with Crippen molar-refractivity contribution in [3.05, 3.63) is 65.9 Å². The summed E-state index contributed by atoms with van der Waals surface area (Å²) >= 11 is 0. The first-order valence-electron chi connectivity index (χ1n) is 13.1. The van der Waals surface area contributed by atoms with Crippen LogP contribution < -0.4 is 10.6 Å². The third-order valence-corrected chi connectivity index (χ3v) is 6.68. The Hall–Kier alpha value is -4.33. The maximum absolute atomic E-state index is 13.4. The molecule has 4 aromatic rings. The average molecular weight is 569 g/mol.